The standard InChI is InChI=1S/C18H14F5N5O2S/c19-11-2-1-9(27-14(29)12-4-26-13(5-25-12)18(21,22)23)3-10(11)17-7-30-6-16(17,20)8-31-15(24)28-17/h1-5H,6-8H2,(H2,24,28)(H,27,29). The van der Waals surface area contributed by atoms with Gasteiger partial charge in [0.25, 0.3) is 5.91 Å². The summed E-state index contributed by atoms with van der Waals surface area (Å²) in [5.41, 5.74) is 0.283. The zero-order chi connectivity index (χ0) is 22.4. The first-order valence-electron chi connectivity index (χ1n) is 8.79. The zero-order valence-corrected chi connectivity index (χ0v) is 16.4. The second-order valence-electron chi connectivity index (χ2n) is 6.99. The number of amidine groups is 1. The number of hydrogen-bond acceptors (Lipinski definition) is 7. The fourth-order valence-corrected chi connectivity index (χ4v) is 4.32. The molecule has 4 rings (SSSR count). The number of carbonyl (C=O) groups is 1. The van der Waals surface area contributed by atoms with Crippen LogP contribution in [0.3, 0.4) is 0 Å². The Bertz CT molecular complexity index is 1060. The van der Waals surface area contributed by atoms with Crippen molar-refractivity contribution in [1.82, 2.24) is 9.97 Å². The average molecular weight is 459 g/mol. The fraction of sp³-hybridized carbons (Fsp3) is 0.333. The van der Waals surface area contributed by atoms with Crippen molar-refractivity contribution < 1.29 is 31.5 Å². The first-order chi connectivity index (χ1) is 14.5. The molecule has 0 bridgehead atoms. The van der Waals surface area contributed by atoms with Gasteiger partial charge in [-0.3, -0.25) is 4.79 Å². The normalized spacial score (nSPS) is 25.6. The van der Waals surface area contributed by atoms with Gasteiger partial charge in [-0.05, 0) is 18.2 Å². The maximum Gasteiger partial charge on any atom is 0.434 e. The van der Waals surface area contributed by atoms with Crippen LogP contribution in [0.1, 0.15) is 21.7 Å². The monoisotopic (exact) mass is 459 g/mol. The van der Waals surface area contributed by atoms with Crippen molar-refractivity contribution in [2.24, 2.45) is 10.7 Å². The summed E-state index contributed by atoms with van der Waals surface area (Å²) in [5.74, 6) is -1.74. The molecule has 3 N–H and O–H groups in total. The van der Waals surface area contributed by atoms with Gasteiger partial charge in [-0.25, -0.2) is 23.7 Å². The van der Waals surface area contributed by atoms with E-state index in [1.807, 2.05) is 0 Å². The molecule has 0 radical (unpaired) electrons. The maximum absolute atomic E-state index is 15.6. The third-order valence-corrected chi connectivity index (χ3v) is 5.97. The lowest BCUT2D eigenvalue weighted by molar-refractivity contribution is -0.141. The number of carbonyl (C=O) groups excluding carboxylic acids is 1. The molecule has 1 aromatic carbocycles. The molecule has 2 atom stereocenters. The van der Waals surface area contributed by atoms with Crippen molar-refractivity contribution in [2.75, 3.05) is 24.3 Å². The van der Waals surface area contributed by atoms with Crippen molar-refractivity contribution >= 4 is 28.5 Å². The van der Waals surface area contributed by atoms with Crippen molar-refractivity contribution in [3.05, 3.63) is 53.4 Å². The molecule has 0 aliphatic carbocycles. The van der Waals surface area contributed by atoms with Crippen molar-refractivity contribution in [2.45, 2.75) is 17.4 Å². The van der Waals surface area contributed by atoms with Gasteiger partial charge in [0.2, 0.25) is 0 Å². The largest absolute Gasteiger partial charge is 0.434 e. The predicted molar refractivity (Wildman–Crippen MR) is 102 cm³/mol. The van der Waals surface area contributed by atoms with E-state index in [2.05, 4.69) is 20.3 Å². The van der Waals surface area contributed by atoms with Crippen molar-refractivity contribution in [1.29, 1.82) is 0 Å². The summed E-state index contributed by atoms with van der Waals surface area (Å²) in [6.07, 6.45) is -3.60. The van der Waals surface area contributed by atoms with Crippen LogP contribution in [0.4, 0.5) is 27.6 Å². The smallest absolute Gasteiger partial charge is 0.379 e. The van der Waals surface area contributed by atoms with Crippen LogP contribution in [-0.2, 0) is 16.5 Å². The molecule has 1 amide bonds. The number of hydrogen-bond donors (Lipinski definition) is 2. The molecule has 1 fully saturated rings. The van der Waals surface area contributed by atoms with Crippen molar-refractivity contribution in [3.63, 3.8) is 0 Å². The van der Waals surface area contributed by atoms with Crippen LogP contribution < -0.4 is 11.1 Å². The van der Waals surface area contributed by atoms with Gasteiger partial charge in [0.15, 0.2) is 22.1 Å². The third kappa shape index (κ3) is 3.71. The molecule has 2 aliphatic heterocycles. The zero-order valence-electron chi connectivity index (χ0n) is 15.5. The lowest BCUT2D eigenvalue weighted by atomic mass is 9.79. The summed E-state index contributed by atoms with van der Waals surface area (Å²) in [6, 6.07) is 3.43. The molecule has 3 heterocycles. The molecular formula is C18H14F5N5O2S. The number of amides is 1. The highest BCUT2D eigenvalue weighted by Gasteiger charge is 2.61. The Morgan fingerprint density at radius 1 is 1.23 bits per heavy atom. The molecule has 164 valence electrons. The Hall–Kier alpha value is -2.80. The van der Waals surface area contributed by atoms with Crippen LogP contribution in [-0.4, -0.2) is 45.7 Å². The number of halogens is 5. The Kier molecular flexibility index (Phi) is 5.12. The van der Waals surface area contributed by atoms with Gasteiger partial charge in [-0.2, -0.15) is 13.2 Å². The van der Waals surface area contributed by atoms with Gasteiger partial charge < -0.3 is 15.8 Å². The Morgan fingerprint density at radius 3 is 2.68 bits per heavy atom. The first kappa shape index (κ1) is 21.4. The SMILES string of the molecule is NC1=NC2(c3cc(NC(=O)c4cnc(C(F)(F)F)cn4)ccc3F)COCC2(F)CS1. The molecule has 1 saturated heterocycles. The minimum atomic E-state index is -4.70. The fourth-order valence-electron chi connectivity index (χ4n) is 3.40. The van der Waals surface area contributed by atoms with E-state index in [1.165, 1.54) is 12.1 Å². The van der Waals surface area contributed by atoms with Gasteiger partial charge in [0, 0.05) is 17.0 Å². The summed E-state index contributed by atoms with van der Waals surface area (Å²) in [4.78, 5) is 23.1. The number of alkyl halides is 4. The summed E-state index contributed by atoms with van der Waals surface area (Å²) in [5, 5.41) is 2.46. The molecule has 31 heavy (non-hydrogen) atoms. The van der Waals surface area contributed by atoms with E-state index in [0.717, 1.165) is 17.8 Å². The van der Waals surface area contributed by atoms with Gasteiger partial charge >= 0.3 is 6.18 Å². The Labute approximate surface area is 176 Å². The molecule has 7 nitrogen and oxygen atoms in total. The van der Waals surface area contributed by atoms with Crippen LogP contribution in [0.2, 0.25) is 0 Å². The van der Waals surface area contributed by atoms with Crippen LogP contribution in [0.25, 0.3) is 0 Å². The first-order valence-corrected chi connectivity index (χ1v) is 9.78. The summed E-state index contributed by atoms with van der Waals surface area (Å²) >= 11 is 0.993. The highest BCUT2D eigenvalue weighted by molar-refractivity contribution is 8.13. The average Bonchev–Trinajstić information content (AvgIpc) is 3.06. The van der Waals surface area contributed by atoms with E-state index in [1.54, 1.807) is 0 Å². The second kappa shape index (κ2) is 7.41. The highest BCUT2D eigenvalue weighted by atomic mass is 32.2. The minimum absolute atomic E-state index is 0.0544. The number of benzene rings is 1. The maximum atomic E-state index is 15.6. The summed E-state index contributed by atoms with van der Waals surface area (Å²) in [7, 11) is 0. The third-order valence-electron chi connectivity index (χ3n) is 4.98. The Morgan fingerprint density at radius 2 is 2.00 bits per heavy atom. The van der Waals surface area contributed by atoms with E-state index in [0.29, 0.717) is 12.4 Å². The number of nitrogens with zero attached hydrogens (tertiary/aromatic N) is 3. The molecule has 2 aromatic rings. The van der Waals surface area contributed by atoms with Gasteiger partial charge in [-0.1, -0.05) is 11.8 Å². The van der Waals surface area contributed by atoms with Gasteiger partial charge in [-0.15, -0.1) is 0 Å². The van der Waals surface area contributed by atoms with Crippen LogP contribution in [0.5, 0.6) is 0 Å². The molecule has 1 aromatic heterocycles. The van der Waals surface area contributed by atoms with Crippen LogP contribution >= 0.6 is 11.8 Å². The van der Waals surface area contributed by atoms with E-state index >= 15 is 4.39 Å². The number of ether oxygens (including phenoxy) is 1. The lowest BCUT2D eigenvalue weighted by Gasteiger charge is -2.38. The number of nitrogens with one attached hydrogen (secondary N) is 1. The van der Waals surface area contributed by atoms with Gasteiger partial charge in [0.1, 0.15) is 11.5 Å². The lowest BCUT2D eigenvalue weighted by Crippen LogP contribution is -2.52. The number of aliphatic imine (C=N–C) groups is 1. The van der Waals surface area contributed by atoms with Gasteiger partial charge in [0.05, 0.1) is 25.6 Å². The summed E-state index contributed by atoms with van der Waals surface area (Å²) in [6.45, 7) is -0.544. The van der Waals surface area contributed by atoms with E-state index in [4.69, 9.17) is 10.5 Å². The van der Waals surface area contributed by atoms with Crippen LogP contribution in [0, 0.1) is 5.82 Å². The number of thioether (sulfide) groups is 1. The minimum Gasteiger partial charge on any atom is -0.379 e. The number of aromatic nitrogens is 2. The quantitative estimate of drug-likeness (QED) is 0.685. The van der Waals surface area contributed by atoms with E-state index in [9.17, 15) is 22.4 Å². The van der Waals surface area contributed by atoms with Crippen LogP contribution in [0.15, 0.2) is 35.6 Å². The predicted octanol–water partition coefficient (Wildman–Crippen LogP) is 2.88. The Balaban J connectivity index is 1.64. The number of anilines is 1. The summed E-state index contributed by atoms with van der Waals surface area (Å²) < 4.78 is 73.3. The molecule has 2 aliphatic rings. The number of nitrogens with two attached hydrogens (primary N) is 1. The highest BCUT2D eigenvalue weighted by Crippen LogP contribution is 2.50. The number of rotatable bonds is 3. The molecule has 2 unspecified atom stereocenters. The van der Waals surface area contributed by atoms with E-state index in [-0.39, 0.29) is 35.4 Å². The molecule has 0 saturated carbocycles. The topological polar surface area (TPSA) is 102 Å². The number of fused-ring (bicyclic) bond motifs is 1. The molecular weight excluding hydrogens is 445 g/mol. The van der Waals surface area contributed by atoms with E-state index < -0.39 is 40.5 Å². The molecule has 13 heteroatoms. The second-order valence-corrected chi connectivity index (χ2v) is 7.99. The molecule has 0 spiro atoms. The van der Waals surface area contributed by atoms with Crippen molar-refractivity contribution in [3.8, 4) is 0 Å².